The van der Waals surface area contributed by atoms with Gasteiger partial charge in [-0.25, -0.2) is 4.68 Å². The molecule has 0 saturated carbocycles. The molecule has 1 heterocycles. The summed E-state index contributed by atoms with van der Waals surface area (Å²) in [5.41, 5.74) is 9.44. The third-order valence-electron chi connectivity index (χ3n) is 2.25. The quantitative estimate of drug-likeness (QED) is 0.494. The fourth-order valence-corrected chi connectivity index (χ4v) is 1.78. The Morgan fingerprint density at radius 1 is 1.44 bits per heavy atom. The van der Waals surface area contributed by atoms with Crippen molar-refractivity contribution in [1.29, 1.82) is 0 Å². The van der Waals surface area contributed by atoms with Crippen LogP contribution in [-0.2, 0) is 6.54 Å². The number of hydrogen-bond acceptors (Lipinski definition) is 4. The maximum Gasteiger partial charge on any atom is 0.217 e. The molecule has 0 bridgehead atoms. The van der Waals surface area contributed by atoms with Gasteiger partial charge in [-0.2, -0.15) is 4.98 Å². The zero-order valence-electron chi connectivity index (χ0n) is 9.49. The second kappa shape index (κ2) is 5.52. The molecule has 0 aliphatic heterocycles. The van der Waals surface area contributed by atoms with E-state index in [1.54, 1.807) is 7.11 Å². The first-order chi connectivity index (χ1) is 8.72. The van der Waals surface area contributed by atoms with Crippen LogP contribution in [0.5, 0.6) is 5.75 Å². The average molecular weight is 309 g/mol. The van der Waals surface area contributed by atoms with E-state index < -0.39 is 0 Å². The molecule has 2 aromatic rings. The highest BCUT2D eigenvalue weighted by Crippen LogP contribution is 2.17. The molecule has 0 spiro atoms. The lowest BCUT2D eigenvalue weighted by Gasteiger charge is -2.04. The molecule has 8 heteroatoms. The van der Waals surface area contributed by atoms with Crippen LogP contribution in [0.25, 0.3) is 10.4 Å². The smallest absolute Gasteiger partial charge is 0.217 e. The molecule has 0 unspecified atom stereocenters. The highest BCUT2D eigenvalue weighted by atomic mass is 79.9. The minimum Gasteiger partial charge on any atom is -0.497 e. The molecule has 0 atom stereocenters. The van der Waals surface area contributed by atoms with E-state index in [1.165, 1.54) is 4.68 Å². The lowest BCUT2D eigenvalue weighted by molar-refractivity contribution is 0.414. The van der Waals surface area contributed by atoms with Gasteiger partial charge in [-0.3, -0.25) is 0 Å². The monoisotopic (exact) mass is 308 g/mol. The second-order valence-corrected chi connectivity index (χ2v) is 4.09. The molecule has 2 rings (SSSR count). The van der Waals surface area contributed by atoms with Gasteiger partial charge in [-0.1, -0.05) is 12.1 Å². The Morgan fingerprint density at radius 2 is 2.17 bits per heavy atom. The molecule has 0 aliphatic rings. The molecular formula is C10H9BrN6O. The Balaban J connectivity index is 2.24. The summed E-state index contributed by atoms with van der Waals surface area (Å²) in [7, 11) is 1.61. The van der Waals surface area contributed by atoms with E-state index >= 15 is 0 Å². The Bertz CT molecular complexity index is 587. The van der Waals surface area contributed by atoms with Gasteiger partial charge < -0.3 is 4.74 Å². The van der Waals surface area contributed by atoms with E-state index in [-0.39, 0.29) is 5.95 Å². The predicted molar refractivity (Wildman–Crippen MR) is 68.6 cm³/mol. The van der Waals surface area contributed by atoms with Gasteiger partial charge in [0.2, 0.25) is 10.7 Å². The first-order valence-corrected chi connectivity index (χ1v) is 5.80. The molecule has 7 nitrogen and oxygen atoms in total. The number of azide groups is 1. The molecular weight excluding hydrogens is 300 g/mol. The molecule has 1 aromatic carbocycles. The largest absolute Gasteiger partial charge is 0.497 e. The predicted octanol–water partition coefficient (Wildman–Crippen LogP) is 3.04. The van der Waals surface area contributed by atoms with Crippen LogP contribution in [0.2, 0.25) is 0 Å². The lowest BCUT2D eigenvalue weighted by atomic mass is 10.2. The summed E-state index contributed by atoms with van der Waals surface area (Å²) in [6, 6.07) is 7.53. The van der Waals surface area contributed by atoms with Crippen molar-refractivity contribution >= 4 is 21.9 Å². The molecule has 0 N–H and O–H groups in total. The second-order valence-electron chi connectivity index (χ2n) is 3.38. The third-order valence-corrected chi connectivity index (χ3v) is 2.59. The number of aromatic nitrogens is 3. The fraction of sp³-hybridized carbons (Fsp3) is 0.200. The van der Waals surface area contributed by atoms with Crippen molar-refractivity contribution < 1.29 is 4.74 Å². The number of methoxy groups -OCH3 is 1. The third kappa shape index (κ3) is 2.79. The van der Waals surface area contributed by atoms with Crippen LogP contribution >= 0.6 is 15.9 Å². The zero-order chi connectivity index (χ0) is 13.0. The topological polar surface area (TPSA) is 88.7 Å². The highest BCUT2D eigenvalue weighted by Gasteiger charge is 2.06. The van der Waals surface area contributed by atoms with E-state index in [0.717, 1.165) is 11.3 Å². The van der Waals surface area contributed by atoms with Crippen LogP contribution in [0.4, 0.5) is 5.95 Å². The molecule has 92 valence electrons. The first-order valence-electron chi connectivity index (χ1n) is 5.01. The van der Waals surface area contributed by atoms with Crippen molar-refractivity contribution in [1.82, 2.24) is 14.8 Å². The van der Waals surface area contributed by atoms with Gasteiger partial charge in [-0.05, 0) is 44.3 Å². The van der Waals surface area contributed by atoms with Crippen molar-refractivity contribution in [3.8, 4) is 5.75 Å². The maximum atomic E-state index is 8.43. The van der Waals surface area contributed by atoms with Gasteiger partial charge in [0.15, 0.2) is 0 Å². The summed E-state index contributed by atoms with van der Waals surface area (Å²) >= 11 is 3.14. The zero-order valence-corrected chi connectivity index (χ0v) is 11.1. The van der Waals surface area contributed by atoms with Crippen LogP contribution in [0.1, 0.15) is 5.56 Å². The van der Waals surface area contributed by atoms with Gasteiger partial charge in [0.1, 0.15) is 5.75 Å². The maximum absolute atomic E-state index is 8.43. The Labute approximate surface area is 111 Å². The highest BCUT2D eigenvalue weighted by molar-refractivity contribution is 9.10. The molecule has 0 aliphatic carbocycles. The fourth-order valence-electron chi connectivity index (χ4n) is 1.43. The Hall–Kier alpha value is -2.05. The Kier molecular flexibility index (Phi) is 3.81. The van der Waals surface area contributed by atoms with Crippen LogP contribution in [0.3, 0.4) is 0 Å². The summed E-state index contributed by atoms with van der Waals surface area (Å²) < 4.78 is 6.98. The van der Waals surface area contributed by atoms with Crippen molar-refractivity contribution in [2.24, 2.45) is 5.11 Å². The number of nitrogens with zero attached hydrogens (tertiary/aromatic N) is 6. The van der Waals surface area contributed by atoms with E-state index in [4.69, 9.17) is 10.3 Å². The first kappa shape index (κ1) is 12.4. The van der Waals surface area contributed by atoms with Crippen LogP contribution in [0.15, 0.2) is 34.1 Å². The number of hydrogen-bond donors (Lipinski definition) is 0. The lowest BCUT2D eigenvalue weighted by Crippen LogP contribution is -2.01. The standard InChI is InChI=1S/C10H9BrN6O/c1-18-8-4-2-7(3-5-8)6-17-10(14-16-12)13-9(11)15-17/h2-5H,6H2,1H3. The summed E-state index contributed by atoms with van der Waals surface area (Å²) in [5.74, 6) is 1.01. The Morgan fingerprint density at radius 3 is 2.78 bits per heavy atom. The van der Waals surface area contributed by atoms with Crippen LogP contribution in [0, 0.1) is 0 Å². The van der Waals surface area contributed by atoms with Crippen molar-refractivity contribution in [2.45, 2.75) is 6.54 Å². The van der Waals surface area contributed by atoms with E-state index in [1.807, 2.05) is 24.3 Å². The molecule has 18 heavy (non-hydrogen) atoms. The molecule has 1 aromatic heterocycles. The minimum atomic E-state index is 0.222. The van der Waals surface area contributed by atoms with Crippen LogP contribution in [-0.4, -0.2) is 21.9 Å². The van der Waals surface area contributed by atoms with Gasteiger partial charge in [-0.15, -0.1) is 5.10 Å². The molecule has 0 amide bonds. The van der Waals surface area contributed by atoms with Gasteiger partial charge in [0.25, 0.3) is 0 Å². The van der Waals surface area contributed by atoms with Gasteiger partial charge >= 0.3 is 0 Å². The van der Waals surface area contributed by atoms with E-state index in [9.17, 15) is 0 Å². The van der Waals surface area contributed by atoms with Gasteiger partial charge in [0.05, 0.1) is 13.7 Å². The summed E-state index contributed by atoms with van der Waals surface area (Å²) in [6.45, 7) is 0.469. The van der Waals surface area contributed by atoms with Gasteiger partial charge in [0, 0.05) is 4.91 Å². The molecule has 0 saturated heterocycles. The van der Waals surface area contributed by atoms with Crippen LogP contribution < -0.4 is 4.74 Å². The number of rotatable bonds is 4. The number of ether oxygens (including phenoxy) is 1. The van der Waals surface area contributed by atoms with Crippen molar-refractivity contribution in [2.75, 3.05) is 7.11 Å². The number of halogens is 1. The molecule has 0 radical (unpaired) electrons. The number of benzene rings is 1. The van der Waals surface area contributed by atoms with Crippen molar-refractivity contribution in [3.05, 3.63) is 45.0 Å². The normalized spacial score (nSPS) is 9.89. The van der Waals surface area contributed by atoms with E-state index in [2.05, 4.69) is 36.0 Å². The average Bonchev–Trinajstić information content (AvgIpc) is 2.71. The molecule has 0 fully saturated rings. The summed E-state index contributed by atoms with van der Waals surface area (Å²) in [5, 5.41) is 7.57. The SMILES string of the molecule is COc1ccc(Cn2nc(Br)nc2N=[N+]=[N-])cc1. The van der Waals surface area contributed by atoms with Crippen molar-refractivity contribution in [3.63, 3.8) is 0 Å². The summed E-state index contributed by atoms with van der Waals surface area (Å²) in [4.78, 5) is 6.66. The summed E-state index contributed by atoms with van der Waals surface area (Å²) in [6.07, 6.45) is 0. The minimum absolute atomic E-state index is 0.222. The van der Waals surface area contributed by atoms with E-state index in [0.29, 0.717) is 11.3 Å².